The van der Waals surface area contributed by atoms with Crippen LogP contribution in [0.25, 0.3) is 0 Å². The minimum absolute atomic E-state index is 0.293. The fourth-order valence-electron chi connectivity index (χ4n) is 1.69. The van der Waals surface area contributed by atoms with Crippen molar-refractivity contribution in [1.29, 1.82) is 5.41 Å². The SMILES string of the molecule is CNc1c(N)ncc(O/C(C=N)=C2\C=CC=C[NH2+]2)c1Cl. The Morgan fingerprint density at radius 3 is 2.95 bits per heavy atom. The van der Waals surface area contributed by atoms with E-state index in [2.05, 4.69) is 10.3 Å². The molecule has 2 rings (SSSR count). The molecule has 1 aromatic rings. The van der Waals surface area contributed by atoms with Crippen LogP contribution in [0.15, 0.2) is 42.1 Å². The number of rotatable bonds is 4. The van der Waals surface area contributed by atoms with Crippen LogP contribution in [0, 0.1) is 5.41 Å². The number of quaternary nitrogens is 1. The molecule has 1 aliphatic rings. The van der Waals surface area contributed by atoms with E-state index in [4.69, 9.17) is 27.5 Å². The number of nitrogens with zero attached hydrogens (tertiary/aromatic N) is 1. The molecule has 0 saturated carbocycles. The molecule has 0 aliphatic carbocycles. The van der Waals surface area contributed by atoms with Gasteiger partial charge in [-0.25, -0.2) is 4.98 Å². The Bertz CT molecular complexity index is 621. The average molecular weight is 293 g/mol. The van der Waals surface area contributed by atoms with Gasteiger partial charge in [-0.1, -0.05) is 17.7 Å². The molecule has 0 saturated heterocycles. The molecule has 0 unspecified atom stereocenters. The van der Waals surface area contributed by atoms with Gasteiger partial charge in [-0.3, -0.25) is 5.32 Å². The molecule has 20 heavy (non-hydrogen) atoms. The van der Waals surface area contributed by atoms with Gasteiger partial charge in [0.1, 0.15) is 10.8 Å². The first kappa shape index (κ1) is 14.1. The number of nitrogens with one attached hydrogen (secondary N) is 2. The van der Waals surface area contributed by atoms with Crippen LogP contribution in [0.2, 0.25) is 5.02 Å². The highest BCUT2D eigenvalue weighted by Crippen LogP contribution is 2.35. The Labute approximate surface area is 121 Å². The minimum atomic E-state index is 0.293. The normalized spacial score (nSPS) is 15.9. The summed E-state index contributed by atoms with van der Waals surface area (Å²) in [6.45, 7) is 0. The van der Waals surface area contributed by atoms with Crippen LogP contribution in [0.3, 0.4) is 0 Å². The largest absolute Gasteiger partial charge is 0.446 e. The van der Waals surface area contributed by atoms with Gasteiger partial charge < -0.3 is 21.2 Å². The van der Waals surface area contributed by atoms with E-state index in [1.165, 1.54) is 6.20 Å². The molecule has 7 heteroatoms. The topological polar surface area (TPSA) is 101 Å². The molecule has 0 spiro atoms. The van der Waals surface area contributed by atoms with Crippen LogP contribution < -0.4 is 21.1 Å². The molecule has 0 radical (unpaired) electrons. The highest BCUT2D eigenvalue weighted by molar-refractivity contribution is 6.35. The van der Waals surface area contributed by atoms with Crippen LogP contribution in [0.5, 0.6) is 5.75 Å². The fourth-order valence-corrected chi connectivity index (χ4v) is 1.97. The van der Waals surface area contributed by atoms with Crippen molar-refractivity contribution in [2.24, 2.45) is 0 Å². The van der Waals surface area contributed by atoms with Crippen molar-refractivity contribution < 1.29 is 10.1 Å². The van der Waals surface area contributed by atoms with E-state index < -0.39 is 0 Å². The fraction of sp³-hybridized carbons (Fsp3) is 0.0769. The van der Waals surface area contributed by atoms with E-state index in [1.807, 2.05) is 29.7 Å². The molecule has 0 atom stereocenters. The molecule has 0 amide bonds. The van der Waals surface area contributed by atoms with E-state index in [0.29, 0.717) is 28.0 Å². The van der Waals surface area contributed by atoms with Gasteiger partial charge in [-0.05, 0) is 6.08 Å². The summed E-state index contributed by atoms with van der Waals surface area (Å²) in [4.78, 5) is 4.01. The molecule has 1 aliphatic heterocycles. The third kappa shape index (κ3) is 2.81. The molecule has 104 valence electrons. The summed E-state index contributed by atoms with van der Waals surface area (Å²) in [5, 5.41) is 12.5. The van der Waals surface area contributed by atoms with E-state index in [1.54, 1.807) is 7.05 Å². The monoisotopic (exact) mass is 292 g/mol. The lowest BCUT2D eigenvalue weighted by Crippen LogP contribution is -2.76. The summed E-state index contributed by atoms with van der Waals surface area (Å²) in [5.74, 6) is 1.01. The second-order valence-electron chi connectivity index (χ2n) is 3.92. The second-order valence-corrected chi connectivity index (χ2v) is 4.30. The van der Waals surface area contributed by atoms with Gasteiger partial charge in [0.2, 0.25) is 5.76 Å². The Balaban J connectivity index is 2.36. The lowest BCUT2D eigenvalue weighted by atomic mass is 10.3. The Kier molecular flexibility index (Phi) is 4.39. The van der Waals surface area contributed by atoms with Gasteiger partial charge in [0, 0.05) is 13.1 Å². The third-order valence-electron chi connectivity index (χ3n) is 2.67. The number of halogens is 1. The number of hydrogen-bond acceptors (Lipinski definition) is 5. The molecule has 2 heterocycles. The third-order valence-corrected chi connectivity index (χ3v) is 3.05. The van der Waals surface area contributed by atoms with Gasteiger partial charge >= 0.3 is 0 Å². The maximum Gasteiger partial charge on any atom is 0.205 e. The highest BCUT2D eigenvalue weighted by Gasteiger charge is 2.15. The molecule has 6 nitrogen and oxygen atoms in total. The van der Waals surface area contributed by atoms with Crippen molar-refractivity contribution in [3.63, 3.8) is 0 Å². The summed E-state index contributed by atoms with van der Waals surface area (Å²) >= 11 is 6.21. The smallest absolute Gasteiger partial charge is 0.205 e. The molecular weight excluding hydrogens is 278 g/mol. The highest BCUT2D eigenvalue weighted by atomic mass is 35.5. The molecular formula is C13H15ClN5O+. The van der Waals surface area contributed by atoms with Crippen molar-refractivity contribution >= 4 is 29.3 Å². The predicted octanol–water partition coefficient (Wildman–Crippen LogP) is 1.25. The number of aromatic nitrogens is 1. The zero-order valence-electron chi connectivity index (χ0n) is 10.9. The van der Waals surface area contributed by atoms with Gasteiger partial charge in [-0.2, -0.15) is 0 Å². The Morgan fingerprint density at radius 1 is 1.55 bits per heavy atom. The maximum absolute atomic E-state index is 7.47. The predicted molar refractivity (Wildman–Crippen MR) is 79.8 cm³/mol. The number of allylic oxidation sites excluding steroid dienone is 4. The number of pyridine rings is 1. The van der Waals surface area contributed by atoms with Crippen LogP contribution >= 0.6 is 11.6 Å². The second kappa shape index (κ2) is 6.23. The van der Waals surface area contributed by atoms with E-state index >= 15 is 0 Å². The van der Waals surface area contributed by atoms with Crippen LogP contribution in [-0.4, -0.2) is 18.2 Å². The van der Waals surface area contributed by atoms with Crippen LogP contribution in [-0.2, 0) is 0 Å². The number of nitrogens with two attached hydrogens (primary N) is 2. The quantitative estimate of drug-likeness (QED) is 0.495. The van der Waals surface area contributed by atoms with Crippen molar-refractivity contribution in [2.75, 3.05) is 18.1 Å². The standard InChI is InChI=1S/C13H14ClN5O/c1-17-12-11(14)10(7-19-13(12)16)20-9(6-15)8-4-2-3-5-18-8/h2-7,15,17-18H,1H3,(H2,16,19)/p+1/b9-8+,15-6?. The molecule has 1 aromatic heterocycles. The molecule has 6 N–H and O–H groups in total. The number of ether oxygens (including phenoxy) is 1. The molecule has 0 bridgehead atoms. The van der Waals surface area contributed by atoms with Crippen LogP contribution in [0.4, 0.5) is 11.5 Å². The molecule has 0 fully saturated rings. The molecule has 0 aromatic carbocycles. The number of nitrogen functional groups attached to an aromatic ring is 1. The zero-order chi connectivity index (χ0) is 14.5. The van der Waals surface area contributed by atoms with Gasteiger partial charge in [0.05, 0.1) is 24.3 Å². The van der Waals surface area contributed by atoms with Gasteiger partial charge in [0.15, 0.2) is 11.4 Å². The summed E-state index contributed by atoms with van der Waals surface area (Å²) in [5.41, 5.74) is 6.99. The summed E-state index contributed by atoms with van der Waals surface area (Å²) in [7, 11) is 1.70. The number of anilines is 2. The first-order valence-corrected chi connectivity index (χ1v) is 6.27. The summed E-state index contributed by atoms with van der Waals surface area (Å²) < 4.78 is 5.66. The van der Waals surface area contributed by atoms with Gasteiger partial charge in [-0.15, -0.1) is 0 Å². The zero-order valence-corrected chi connectivity index (χ0v) is 11.6. The minimum Gasteiger partial charge on any atom is -0.446 e. The summed E-state index contributed by atoms with van der Waals surface area (Å²) in [6, 6.07) is 0. The van der Waals surface area contributed by atoms with E-state index in [9.17, 15) is 0 Å². The first-order valence-electron chi connectivity index (χ1n) is 5.89. The van der Waals surface area contributed by atoms with Crippen LogP contribution in [0.1, 0.15) is 0 Å². The van der Waals surface area contributed by atoms with Crippen molar-refractivity contribution in [3.8, 4) is 5.75 Å². The average Bonchev–Trinajstić information content (AvgIpc) is 2.48. The van der Waals surface area contributed by atoms with Crippen molar-refractivity contribution in [1.82, 2.24) is 4.98 Å². The lowest BCUT2D eigenvalue weighted by molar-refractivity contribution is -0.532. The van der Waals surface area contributed by atoms with Crippen molar-refractivity contribution in [2.45, 2.75) is 0 Å². The van der Waals surface area contributed by atoms with E-state index in [-0.39, 0.29) is 0 Å². The van der Waals surface area contributed by atoms with Crippen molar-refractivity contribution in [3.05, 3.63) is 47.1 Å². The van der Waals surface area contributed by atoms with Gasteiger partial charge in [0.25, 0.3) is 0 Å². The maximum atomic E-state index is 7.47. The lowest BCUT2D eigenvalue weighted by Gasteiger charge is -2.13. The van der Waals surface area contributed by atoms with E-state index in [0.717, 1.165) is 11.9 Å². The summed E-state index contributed by atoms with van der Waals surface area (Å²) in [6.07, 6.45) is 10.0. The number of hydrogen-bond donors (Lipinski definition) is 4. The first-order chi connectivity index (χ1) is 9.67. The Morgan fingerprint density at radius 2 is 2.35 bits per heavy atom. The Hall–Kier alpha value is -2.31.